The second-order valence-corrected chi connectivity index (χ2v) is 7.18. The minimum absolute atomic E-state index is 0.0176. The number of hydrogen-bond donors (Lipinski definition) is 0. The van der Waals surface area contributed by atoms with Gasteiger partial charge in [0.15, 0.2) is 6.61 Å². The molecule has 2 heterocycles. The molecule has 0 spiro atoms. The molecule has 2 amide bonds. The van der Waals surface area contributed by atoms with Gasteiger partial charge in [-0.2, -0.15) is 0 Å². The van der Waals surface area contributed by atoms with Crippen LogP contribution in [0.5, 0.6) is 0 Å². The maximum atomic E-state index is 13.9. The van der Waals surface area contributed by atoms with Gasteiger partial charge in [0, 0.05) is 43.2 Å². The molecule has 6 nitrogen and oxygen atoms in total. The van der Waals surface area contributed by atoms with E-state index < -0.39 is 5.97 Å². The lowest BCUT2D eigenvalue weighted by Gasteiger charge is -2.34. The molecule has 26 heavy (non-hydrogen) atoms. The summed E-state index contributed by atoms with van der Waals surface area (Å²) in [5, 5.41) is 0.413. The van der Waals surface area contributed by atoms with E-state index in [-0.39, 0.29) is 24.2 Å². The molecule has 0 N–H and O–H groups in total. The summed E-state index contributed by atoms with van der Waals surface area (Å²) in [5.74, 6) is -1.32. The van der Waals surface area contributed by atoms with Crippen molar-refractivity contribution in [2.24, 2.45) is 0 Å². The highest BCUT2D eigenvalue weighted by Crippen LogP contribution is 2.32. The summed E-state index contributed by atoms with van der Waals surface area (Å²) in [6.45, 7) is 4.59. The van der Waals surface area contributed by atoms with E-state index >= 15 is 0 Å². The molecule has 1 saturated heterocycles. The largest absolute Gasteiger partial charge is 0.451 e. The smallest absolute Gasteiger partial charge is 0.349 e. The minimum atomic E-state index is -0.626. The number of carbonyl (C=O) groups excluding carboxylic acids is 3. The number of thiophene rings is 1. The van der Waals surface area contributed by atoms with Gasteiger partial charge in [0.25, 0.3) is 5.91 Å². The Morgan fingerprint density at radius 2 is 1.81 bits per heavy atom. The fourth-order valence-electron chi connectivity index (χ4n) is 3.00. The highest BCUT2D eigenvalue weighted by Gasteiger charge is 2.24. The number of ether oxygens (including phenoxy) is 1. The van der Waals surface area contributed by atoms with Gasteiger partial charge in [-0.05, 0) is 24.6 Å². The van der Waals surface area contributed by atoms with Crippen molar-refractivity contribution in [3.05, 3.63) is 34.5 Å². The number of esters is 1. The molecule has 0 unspecified atom stereocenters. The van der Waals surface area contributed by atoms with Crippen molar-refractivity contribution >= 4 is 39.2 Å². The number of carbonyl (C=O) groups is 3. The highest BCUT2D eigenvalue weighted by molar-refractivity contribution is 7.21. The molecule has 0 saturated carbocycles. The third-order valence-electron chi connectivity index (χ3n) is 4.49. The molecule has 1 aromatic heterocycles. The van der Waals surface area contributed by atoms with Gasteiger partial charge in [-0.25, -0.2) is 9.18 Å². The molecule has 1 aromatic carbocycles. The number of hydrogen-bond acceptors (Lipinski definition) is 5. The maximum Gasteiger partial charge on any atom is 0.349 e. The van der Waals surface area contributed by atoms with Crippen LogP contribution >= 0.6 is 11.3 Å². The van der Waals surface area contributed by atoms with E-state index in [1.54, 1.807) is 28.9 Å². The normalized spacial score (nSPS) is 14.6. The van der Waals surface area contributed by atoms with Gasteiger partial charge < -0.3 is 14.5 Å². The van der Waals surface area contributed by atoms with Crippen molar-refractivity contribution in [3.63, 3.8) is 0 Å². The van der Waals surface area contributed by atoms with Crippen molar-refractivity contribution in [2.45, 2.75) is 13.8 Å². The predicted molar refractivity (Wildman–Crippen MR) is 95.6 cm³/mol. The molecule has 0 bridgehead atoms. The Hall–Kier alpha value is -2.48. The van der Waals surface area contributed by atoms with Gasteiger partial charge in [-0.15, -0.1) is 11.3 Å². The van der Waals surface area contributed by atoms with E-state index in [1.165, 1.54) is 13.0 Å². The zero-order valence-corrected chi connectivity index (χ0v) is 15.4. The number of nitrogens with zero attached hydrogens (tertiary/aromatic N) is 2. The van der Waals surface area contributed by atoms with Gasteiger partial charge in [-0.3, -0.25) is 9.59 Å². The molecular weight excluding hydrogens is 359 g/mol. The van der Waals surface area contributed by atoms with Crippen molar-refractivity contribution in [1.29, 1.82) is 0 Å². The lowest BCUT2D eigenvalue weighted by molar-refractivity contribution is -0.140. The van der Waals surface area contributed by atoms with Crippen LogP contribution in [-0.4, -0.2) is 60.4 Å². The minimum Gasteiger partial charge on any atom is -0.451 e. The number of halogens is 1. The SMILES string of the molecule is CC(=O)N1CCN(C(=O)COC(=O)c2sc3cccc(F)c3c2C)CC1. The molecule has 1 fully saturated rings. The molecular formula is C18H19FN2O4S. The number of aryl methyl sites for hydroxylation is 1. The monoisotopic (exact) mass is 378 g/mol. The number of amides is 2. The van der Waals surface area contributed by atoms with Crippen LogP contribution in [0.25, 0.3) is 10.1 Å². The third-order valence-corrected chi connectivity index (χ3v) is 5.73. The first-order valence-electron chi connectivity index (χ1n) is 8.26. The summed E-state index contributed by atoms with van der Waals surface area (Å²) in [7, 11) is 0. The summed E-state index contributed by atoms with van der Waals surface area (Å²) >= 11 is 1.15. The van der Waals surface area contributed by atoms with Crippen molar-refractivity contribution in [1.82, 2.24) is 9.80 Å². The molecule has 1 aliphatic rings. The lowest BCUT2D eigenvalue weighted by atomic mass is 10.1. The van der Waals surface area contributed by atoms with Crippen LogP contribution in [0.15, 0.2) is 18.2 Å². The molecule has 0 radical (unpaired) electrons. The van der Waals surface area contributed by atoms with Crippen LogP contribution in [0.3, 0.4) is 0 Å². The Bertz CT molecular complexity index is 871. The average molecular weight is 378 g/mol. The Morgan fingerprint density at radius 3 is 2.42 bits per heavy atom. The first-order valence-corrected chi connectivity index (χ1v) is 9.08. The second-order valence-electron chi connectivity index (χ2n) is 6.13. The maximum absolute atomic E-state index is 13.9. The summed E-state index contributed by atoms with van der Waals surface area (Å²) < 4.78 is 19.7. The molecule has 2 aromatic rings. The Balaban J connectivity index is 1.61. The first-order chi connectivity index (χ1) is 12.4. The first kappa shape index (κ1) is 18.3. The van der Waals surface area contributed by atoms with Gasteiger partial charge >= 0.3 is 5.97 Å². The van der Waals surface area contributed by atoms with Gasteiger partial charge in [-0.1, -0.05) is 6.07 Å². The van der Waals surface area contributed by atoms with Crippen LogP contribution in [0.2, 0.25) is 0 Å². The standard InChI is InChI=1S/C18H19FN2O4S/c1-11-16-13(19)4-3-5-14(16)26-17(11)18(24)25-10-15(23)21-8-6-20(7-9-21)12(2)22/h3-5H,6-10H2,1-2H3. The van der Waals surface area contributed by atoms with Crippen LogP contribution in [0.4, 0.5) is 4.39 Å². The van der Waals surface area contributed by atoms with Crippen molar-refractivity contribution in [2.75, 3.05) is 32.8 Å². The summed E-state index contributed by atoms with van der Waals surface area (Å²) in [5.41, 5.74) is 0.524. The predicted octanol–water partition coefficient (Wildman–Crippen LogP) is 2.20. The molecule has 3 rings (SSSR count). The molecule has 138 valence electrons. The second kappa shape index (κ2) is 7.41. The Morgan fingerprint density at radius 1 is 1.15 bits per heavy atom. The van der Waals surface area contributed by atoms with Crippen LogP contribution in [0.1, 0.15) is 22.2 Å². The summed E-state index contributed by atoms with van der Waals surface area (Å²) in [6, 6.07) is 4.68. The molecule has 0 atom stereocenters. The zero-order valence-electron chi connectivity index (χ0n) is 14.6. The number of piperazine rings is 1. The van der Waals surface area contributed by atoms with E-state index in [0.29, 0.717) is 46.7 Å². The number of rotatable bonds is 3. The van der Waals surface area contributed by atoms with E-state index in [1.807, 2.05) is 0 Å². The van der Waals surface area contributed by atoms with Crippen LogP contribution in [-0.2, 0) is 14.3 Å². The van der Waals surface area contributed by atoms with Gasteiger partial charge in [0.05, 0.1) is 0 Å². The quantitative estimate of drug-likeness (QED) is 0.768. The summed E-state index contributed by atoms with van der Waals surface area (Å²) in [4.78, 5) is 39.4. The Labute approximate surface area is 154 Å². The average Bonchev–Trinajstić information content (AvgIpc) is 2.97. The topological polar surface area (TPSA) is 66.9 Å². The highest BCUT2D eigenvalue weighted by atomic mass is 32.1. The fourth-order valence-corrected chi connectivity index (χ4v) is 4.12. The van der Waals surface area contributed by atoms with Gasteiger partial charge in [0.2, 0.25) is 5.91 Å². The fraction of sp³-hybridized carbons (Fsp3) is 0.389. The van der Waals surface area contributed by atoms with Crippen molar-refractivity contribution < 1.29 is 23.5 Å². The van der Waals surface area contributed by atoms with E-state index in [2.05, 4.69) is 0 Å². The summed E-state index contributed by atoms with van der Waals surface area (Å²) in [6.07, 6.45) is 0. The molecule has 0 aliphatic carbocycles. The lowest BCUT2D eigenvalue weighted by Crippen LogP contribution is -2.51. The van der Waals surface area contributed by atoms with Crippen molar-refractivity contribution in [3.8, 4) is 0 Å². The molecule has 8 heteroatoms. The number of benzene rings is 1. The van der Waals surface area contributed by atoms with Crippen LogP contribution in [0, 0.1) is 12.7 Å². The Kier molecular flexibility index (Phi) is 5.22. The van der Waals surface area contributed by atoms with Crippen LogP contribution < -0.4 is 0 Å². The zero-order chi connectivity index (χ0) is 18.8. The van der Waals surface area contributed by atoms with E-state index in [0.717, 1.165) is 11.3 Å². The molecule has 1 aliphatic heterocycles. The van der Waals surface area contributed by atoms with E-state index in [4.69, 9.17) is 4.74 Å². The number of fused-ring (bicyclic) bond motifs is 1. The van der Waals surface area contributed by atoms with Gasteiger partial charge in [0.1, 0.15) is 10.7 Å². The van der Waals surface area contributed by atoms with E-state index in [9.17, 15) is 18.8 Å². The third kappa shape index (κ3) is 3.55.